The molecule has 0 aliphatic heterocycles. The molecule has 0 aromatic heterocycles. The number of carbonyl (C=O) groups excluding carboxylic acids is 2. The minimum Gasteiger partial charge on any atom is -0.457 e. The fourth-order valence-corrected chi connectivity index (χ4v) is 3.20. The molecular formula is C25H24N2O3. The summed E-state index contributed by atoms with van der Waals surface area (Å²) in [5, 5.41) is 2.87. The molecule has 0 saturated carbocycles. The summed E-state index contributed by atoms with van der Waals surface area (Å²) in [6.45, 7) is 3.69. The normalized spacial score (nSPS) is 12.4. The number of benzene rings is 3. The predicted octanol–water partition coefficient (Wildman–Crippen LogP) is 4.56. The number of nitrogens with two attached hydrogens (primary N) is 1. The van der Waals surface area contributed by atoms with E-state index in [0.29, 0.717) is 17.9 Å². The van der Waals surface area contributed by atoms with Gasteiger partial charge in [-0.25, -0.2) is 0 Å². The number of amides is 2. The van der Waals surface area contributed by atoms with Crippen LogP contribution in [0.2, 0.25) is 0 Å². The van der Waals surface area contributed by atoms with E-state index in [1.807, 2.05) is 60.7 Å². The maximum Gasteiger partial charge on any atom is 0.228 e. The molecule has 0 spiro atoms. The van der Waals surface area contributed by atoms with Gasteiger partial charge in [0.05, 0.1) is 11.8 Å². The van der Waals surface area contributed by atoms with Crippen molar-refractivity contribution in [2.75, 3.05) is 5.32 Å². The van der Waals surface area contributed by atoms with Crippen LogP contribution in [0.4, 0.5) is 5.69 Å². The molecule has 0 radical (unpaired) electrons. The van der Waals surface area contributed by atoms with Gasteiger partial charge in [0.1, 0.15) is 11.5 Å². The molecule has 0 aliphatic carbocycles. The number of hydrogen-bond donors (Lipinski definition) is 2. The van der Waals surface area contributed by atoms with Crippen molar-refractivity contribution in [3.8, 4) is 11.5 Å². The van der Waals surface area contributed by atoms with Crippen molar-refractivity contribution in [1.82, 2.24) is 0 Å². The van der Waals surface area contributed by atoms with Gasteiger partial charge in [-0.1, -0.05) is 54.6 Å². The van der Waals surface area contributed by atoms with E-state index >= 15 is 0 Å². The summed E-state index contributed by atoms with van der Waals surface area (Å²) in [6.07, 6.45) is 1.81. The second-order valence-corrected chi connectivity index (χ2v) is 6.89. The highest BCUT2D eigenvalue weighted by Gasteiger charge is 2.30. The van der Waals surface area contributed by atoms with E-state index in [0.717, 1.165) is 11.3 Å². The number of carbonyl (C=O) groups is 2. The van der Waals surface area contributed by atoms with Gasteiger partial charge in [-0.05, 0) is 48.4 Å². The van der Waals surface area contributed by atoms with Gasteiger partial charge in [0.15, 0.2) is 0 Å². The van der Waals surface area contributed by atoms with E-state index < -0.39 is 17.7 Å². The highest BCUT2D eigenvalue weighted by atomic mass is 16.5. The van der Waals surface area contributed by atoms with Crippen LogP contribution in [0.1, 0.15) is 5.56 Å². The molecule has 0 heterocycles. The minimum atomic E-state index is -0.772. The average Bonchev–Trinajstić information content (AvgIpc) is 2.76. The van der Waals surface area contributed by atoms with Crippen LogP contribution in [0.25, 0.3) is 0 Å². The monoisotopic (exact) mass is 400 g/mol. The van der Waals surface area contributed by atoms with Gasteiger partial charge in [-0.15, -0.1) is 6.58 Å². The zero-order chi connectivity index (χ0) is 21.3. The second kappa shape index (κ2) is 10.1. The Morgan fingerprint density at radius 2 is 1.47 bits per heavy atom. The van der Waals surface area contributed by atoms with E-state index in [2.05, 4.69) is 11.9 Å². The fourth-order valence-electron chi connectivity index (χ4n) is 3.20. The van der Waals surface area contributed by atoms with Crippen molar-refractivity contribution in [3.05, 3.63) is 103 Å². The molecule has 0 fully saturated rings. The van der Waals surface area contributed by atoms with Crippen LogP contribution in [0.5, 0.6) is 11.5 Å². The fraction of sp³-hybridized carbons (Fsp3) is 0.120. The van der Waals surface area contributed by atoms with Crippen molar-refractivity contribution < 1.29 is 14.3 Å². The molecule has 3 aromatic carbocycles. The van der Waals surface area contributed by atoms with Crippen LogP contribution >= 0.6 is 0 Å². The van der Waals surface area contributed by atoms with E-state index in [1.54, 1.807) is 24.3 Å². The Balaban J connectivity index is 1.72. The molecule has 152 valence electrons. The highest BCUT2D eigenvalue weighted by molar-refractivity contribution is 5.96. The van der Waals surface area contributed by atoms with Crippen LogP contribution in [0.15, 0.2) is 97.6 Å². The molecule has 2 amide bonds. The summed E-state index contributed by atoms with van der Waals surface area (Å²) in [7, 11) is 0. The largest absolute Gasteiger partial charge is 0.457 e. The lowest BCUT2D eigenvalue weighted by Gasteiger charge is -2.22. The Kier molecular flexibility index (Phi) is 7.00. The number of hydrogen-bond acceptors (Lipinski definition) is 3. The zero-order valence-corrected chi connectivity index (χ0v) is 16.5. The summed E-state index contributed by atoms with van der Waals surface area (Å²) < 4.78 is 5.76. The maximum atomic E-state index is 13.0. The third-order valence-electron chi connectivity index (χ3n) is 4.75. The molecule has 0 bridgehead atoms. The topological polar surface area (TPSA) is 81.4 Å². The summed E-state index contributed by atoms with van der Waals surface area (Å²) in [5.41, 5.74) is 7.06. The predicted molar refractivity (Wildman–Crippen MR) is 118 cm³/mol. The molecule has 0 saturated heterocycles. The lowest BCUT2D eigenvalue weighted by molar-refractivity contribution is -0.128. The molecule has 2 atom stereocenters. The van der Waals surface area contributed by atoms with Gasteiger partial charge < -0.3 is 15.8 Å². The summed E-state index contributed by atoms with van der Waals surface area (Å²) in [5.74, 6) is -0.922. The Hall–Kier alpha value is -3.86. The Morgan fingerprint density at radius 1 is 0.900 bits per heavy atom. The lowest BCUT2D eigenvalue weighted by atomic mass is 9.85. The quantitative estimate of drug-likeness (QED) is 0.517. The van der Waals surface area contributed by atoms with E-state index in [-0.39, 0.29) is 5.91 Å². The molecule has 0 aliphatic rings. The van der Waals surface area contributed by atoms with Crippen LogP contribution in [-0.2, 0) is 16.0 Å². The number of primary amides is 1. The molecule has 1 unspecified atom stereocenters. The molecule has 5 nitrogen and oxygen atoms in total. The van der Waals surface area contributed by atoms with Gasteiger partial charge in [0.2, 0.25) is 11.8 Å². The first kappa shape index (κ1) is 20.9. The lowest BCUT2D eigenvalue weighted by Crippen LogP contribution is -2.37. The minimum absolute atomic E-state index is 0.292. The van der Waals surface area contributed by atoms with Crippen molar-refractivity contribution >= 4 is 17.5 Å². The standard InChI is InChI=1S/C25H24N2O3/c1-2-22(24(26)28)23(17-18-9-5-3-6-10-18)25(29)27-19-13-15-21(16-14-19)30-20-11-7-4-8-12-20/h2-16,22-23H,1,17H2,(H2,26,28)(H,27,29)/t22?,23-/m0/s1. The highest BCUT2D eigenvalue weighted by Crippen LogP contribution is 2.25. The molecule has 5 heteroatoms. The zero-order valence-electron chi connectivity index (χ0n) is 16.5. The van der Waals surface area contributed by atoms with Gasteiger partial charge in [-0.3, -0.25) is 9.59 Å². The Bertz CT molecular complexity index is 986. The van der Waals surface area contributed by atoms with Crippen LogP contribution in [0, 0.1) is 11.8 Å². The number of nitrogens with one attached hydrogen (secondary N) is 1. The van der Waals surface area contributed by atoms with Crippen molar-refractivity contribution in [3.63, 3.8) is 0 Å². The molecule has 3 rings (SSSR count). The number of anilines is 1. The average molecular weight is 400 g/mol. The second-order valence-electron chi connectivity index (χ2n) is 6.89. The third kappa shape index (κ3) is 5.58. The maximum absolute atomic E-state index is 13.0. The summed E-state index contributed by atoms with van der Waals surface area (Å²) in [4.78, 5) is 24.9. The first-order valence-corrected chi connectivity index (χ1v) is 9.66. The van der Waals surface area contributed by atoms with E-state index in [9.17, 15) is 9.59 Å². The molecule has 3 N–H and O–H groups in total. The van der Waals surface area contributed by atoms with Crippen LogP contribution in [-0.4, -0.2) is 11.8 Å². The third-order valence-corrected chi connectivity index (χ3v) is 4.75. The smallest absolute Gasteiger partial charge is 0.228 e. The van der Waals surface area contributed by atoms with Crippen molar-refractivity contribution in [2.45, 2.75) is 6.42 Å². The Labute approximate surface area is 176 Å². The summed E-state index contributed by atoms with van der Waals surface area (Å²) >= 11 is 0. The molecular weight excluding hydrogens is 376 g/mol. The number of para-hydroxylation sites is 1. The van der Waals surface area contributed by atoms with Crippen molar-refractivity contribution in [1.29, 1.82) is 0 Å². The van der Waals surface area contributed by atoms with Gasteiger partial charge in [-0.2, -0.15) is 0 Å². The molecule has 3 aromatic rings. The van der Waals surface area contributed by atoms with Crippen molar-refractivity contribution in [2.24, 2.45) is 17.6 Å². The van der Waals surface area contributed by atoms with Gasteiger partial charge >= 0.3 is 0 Å². The van der Waals surface area contributed by atoms with E-state index in [4.69, 9.17) is 10.5 Å². The van der Waals surface area contributed by atoms with E-state index in [1.165, 1.54) is 6.08 Å². The van der Waals surface area contributed by atoms with Crippen LogP contribution in [0.3, 0.4) is 0 Å². The first-order chi connectivity index (χ1) is 14.6. The van der Waals surface area contributed by atoms with Gasteiger partial charge in [0, 0.05) is 5.69 Å². The summed E-state index contributed by atoms with van der Waals surface area (Å²) in [6, 6.07) is 26.0. The number of rotatable bonds is 9. The molecule has 30 heavy (non-hydrogen) atoms. The van der Waals surface area contributed by atoms with Crippen LogP contribution < -0.4 is 15.8 Å². The number of ether oxygens (including phenoxy) is 1. The SMILES string of the molecule is C=CC(C(N)=O)[C@H](Cc1ccccc1)C(=O)Nc1ccc(Oc2ccccc2)cc1. The Morgan fingerprint density at radius 3 is 2.03 bits per heavy atom. The first-order valence-electron chi connectivity index (χ1n) is 9.66. The van der Waals surface area contributed by atoms with Gasteiger partial charge in [0.25, 0.3) is 0 Å².